The predicted octanol–water partition coefficient (Wildman–Crippen LogP) is 2.71. The molecular formula is C19H22N4O2S. The van der Waals surface area contributed by atoms with E-state index in [2.05, 4.69) is 16.0 Å². The Morgan fingerprint density at radius 2 is 2.00 bits per heavy atom. The summed E-state index contributed by atoms with van der Waals surface area (Å²) in [7, 11) is -1.97. The van der Waals surface area contributed by atoms with Crippen molar-refractivity contribution in [2.75, 3.05) is 20.1 Å². The van der Waals surface area contributed by atoms with Gasteiger partial charge in [0.25, 0.3) is 10.2 Å². The van der Waals surface area contributed by atoms with E-state index in [0.29, 0.717) is 19.5 Å². The van der Waals surface area contributed by atoms with Gasteiger partial charge in [-0.05, 0) is 30.2 Å². The zero-order valence-electron chi connectivity index (χ0n) is 14.9. The Labute approximate surface area is 153 Å². The smallest absolute Gasteiger partial charge is 0.282 e. The van der Waals surface area contributed by atoms with Gasteiger partial charge in [0.15, 0.2) is 0 Å². The highest BCUT2D eigenvalue weighted by Crippen LogP contribution is 2.39. The second-order valence-corrected chi connectivity index (χ2v) is 8.49. The normalized spacial score (nSPS) is 18.3. The van der Waals surface area contributed by atoms with Gasteiger partial charge < -0.3 is 4.98 Å². The van der Waals surface area contributed by atoms with E-state index in [1.165, 1.54) is 9.87 Å². The summed E-state index contributed by atoms with van der Waals surface area (Å²) < 4.78 is 29.2. The number of nitrogens with one attached hydrogen (secondary N) is 1. The molecule has 0 spiro atoms. The molecule has 0 fully saturated rings. The van der Waals surface area contributed by atoms with Gasteiger partial charge in [0.1, 0.15) is 6.04 Å². The molecule has 0 bridgehead atoms. The SMILES string of the molecule is CCN(C)S(=O)(=O)N1CCc2c([nH]c3ccccc23)[C@H]1c1ccccn1. The van der Waals surface area contributed by atoms with Crippen LogP contribution in [0.15, 0.2) is 48.7 Å². The topological polar surface area (TPSA) is 69.3 Å². The molecule has 1 aliphatic rings. The van der Waals surface area contributed by atoms with Gasteiger partial charge in [-0.25, -0.2) is 0 Å². The van der Waals surface area contributed by atoms with Crippen LogP contribution in [0.4, 0.5) is 0 Å². The summed E-state index contributed by atoms with van der Waals surface area (Å²) in [6, 6.07) is 13.3. The number of aromatic nitrogens is 2. The number of H-pyrrole nitrogens is 1. The van der Waals surface area contributed by atoms with E-state index in [-0.39, 0.29) is 0 Å². The van der Waals surface area contributed by atoms with Crippen LogP contribution in [0.25, 0.3) is 10.9 Å². The van der Waals surface area contributed by atoms with Gasteiger partial charge in [-0.15, -0.1) is 0 Å². The molecule has 0 unspecified atom stereocenters. The fourth-order valence-electron chi connectivity index (χ4n) is 3.64. The third kappa shape index (κ3) is 2.63. The van der Waals surface area contributed by atoms with Crippen LogP contribution in [0.2, 0.25) is 0 Å². The van der Waals surface area contributed by atoms with E-state index >= 15 is 0 Å². The van der Waals surface area contributed by atoms with Crippen molar-refractivity contribution in [1.82, 2.24) is 18.6 Å². The van der Waals surface area contributed by atoms with Gasteiger partial charge in [0, 0.05) is 42.9 Å². The number of aromatic amines is 1. The minimum atomic E-state index is -3.58. The van der Waals surface area contributed by atoms with E-state index in [4.69, 9.17) is 0 Å². The van der Waals surface area contributed by atoms with Gasteiger partial charge in [-0.3, -0.25) is 4.98 Å². The molecule has 2 aromatic heterocycles. The zero-order chi connectivity index (χ0) is 18.3. The van der Waals surface area contributed by atoms with Crippen molar-refractivity contribution in [2.45, 2.75) is 19.4 Å². The van der Waals surface area contributed by atoms with Crippen molar-refractivity contribution in [2.24, 2.45) is 0 Å². The molecule has 6 nitrogen and oxygen atoms in total. The van der Waals surface area contributed by atoms with E-state index < -0.39 is 16.3 Å². The Balaban J connectivity index is 1.93. The van der Waals surface area contributed by atoms with Crippen molar-refractivity contribution in [3.05, 3.63) is 65.6 Å². The van der Waals surface area contributed by atoms with E-state index in [1.54, 1.807) is 17.5 Å². The fraction of sp³-hybridized carbons (Fsp3) is 0.316. The van der Waals surface area contributed by atoms with Crippen LogP contribution in [0.3, 0.4) is 0 Å². The quantitative estimate of drug-likeness (QED) is 0.768. The third-order valence-electron chi connectivity index (χ3n) is 5.09. The van der Waals surface area contributed by atoms with Gasteiger partial charge in [-0.1, -0.05) is 31.2 Å². The summed E-state index contributed by atoms with van der Waals surface area (Å²) in [5, 5.41) is 1.16. The molecule has 0 radical (unpaired) electrons. The molecule has 0 amide bonds. The monoisotopic (exact) mass is 370 g/mol. The van der Waals surface area contributed by atoms with Crippen LogP contribution in [-0.2, 0) is 16.6 Å². The molecule has 0 saturated carbocycles. The lowest BCUT2D eigenvalue weighted by Crippen LogP contribution is -2.47. The van der Waals surface area contributed by atoms with Crippen molar-refractivity contribution < 1.29 is 8.42 Å². The highest BCUT2D eigenvalue weighted by atomic mass is 32.2. The standard InChI is InChI=1S/C19H22N4O2S/c1-3-22(2)26(24,25)23-13-11-15-14-8-4-5-9-16(14)21-18(15)19(23)17-10-6-7-12-20-17/h4-10,12,19,21H,3,11,13H2,1-2H3/t19-/m1/s1. The van der Waals surface area contributed by atoms with Crippen LogP contribution in [0.5, 0.6) is 0 Å². The largest absolute Gasteiger partial charge is 0.356 e. The van der Waals surface area contributed by atoms with Gasteiger partial charge in [0.05, 0.1) is 5.69 Å². The lowest BCUT2D eigenvalue weighted by Gasteiger charge is -2.36. The zero-order valence-corrected chi connectivity index (χ0v) is 15.7. The lowest BCUT2D eigenvalue weighted by molar-refractivity contribution is 0.306. The summed E-state index contributed by atoms with van der Waals surface area (Å²) in [6.07, 6.45) is 2.39. The third-order valence-corrected chi connectivity index (χ3v) is 7.13. The number of rotatable bonds is 4. The van der Waals surface area contributed by atoms with Crippen LogP contribution < -0.4 is 0 Å². The Morgan fingerprint density at radius 3 is 2.73 bits per heavy atom. The Kier molecular flexibility index (Phi) is 4.30. The Morgan fingerprint density at radius 1 is 1.23 bits per heavy atom. The van der Waals surface area contributed by atoms with E-state index in [0.717, 1.165) is 22.3 Å². The number of benzene rings is 1. The first kappa shape index (κ1) is 17.2. The average Bonchev–Trinajstić information content (AvgIpc) is 3.05. The van der Waals surface area contributed by atoms with Crippen LogP contribution in [0.1, 0.15) is 29.9 Å². The van der Waals surface area contributed by atoms with Gasteiger partial charge in [0.2, 0.25) is 0 Å². The average molecular weight is 370 g/mol. The molecule has 1 N–H and O–H groups in total. The van der Waals surface area contributed by atoms with Crippen molar-refractivity contribution in [1.29, 1.82) is 0 Å². The first-order valence-electron chi connectivity index (χ1n) is 8.77. The highest BCUT2D eigenvalue weighted by molar-refractivity contribution is 7.86. The predicted molar refractivity (Wildman–Crippen MR) is 102 cm³/mol. The summed E-state index contributed by atoms with van der Waals surface area (Å²) >= 11 is 0. The maximum absolute atomic E-state index is 13.1. The molecule has 0 saturated heterocycles. The Bertz CT molecular complexity index is 1030. The number of hydrogen-bond donors (Lipinski definition) is 1. The molecule has 3 aromatic rings. The van der Waals surface area contributed by atoms with Crippen molar-refractivity contribution in [3.8, 4) is 0 Å². The van der Waals surface area contributed by atoms with Crippen LogP contribution >= 0.6 is 0 Å². The Hall–Kier alpha value is -2.22. The summed E-state index contributed by atoms with van der Waals surface area (Å²) in [5.41, 5.74) is 3.86. The molecule has 7 heteroatoms. The molecule has 1 atom stereocenters. The summed E-state index contributed by atoms with van der Waals surface area (Å²) in [4.78, 5) is 7.93. The molecule has 1 aliphatic heterocycles. The molecule has 136 valence electrons. The van der Waals surface area contributed by atoms with Crippen molar-refractivity contribution in [3.63, 3.8) is 0 Å². The van der Waals surface area contributed by atoms with Gasteiger partial charge in [-0.2, -0.15) is 17.0 Å². The number of hydrogen-bond acceptors (Lipinski definition) is 3. The maximum Gasteiger partial charge on any atom is 0.282 e. The summed E-state index contributed by atoms with van der Waals surface area (Å²) in [5.74, 6) is 0. The second kappa shape index (κ2) is 6.50. The molecule has 0 aliphatic carbocycles. The molecule has 1 aromatic carbocycles. The van der Waals surface area contributed by atoms with Crippen LogP contribution in [0, 0.1) is 0 Å². The second-order valence-electron chi connectivity index (χ2n) is 6.50. The molecule has 3 heterocycles. The minimum absolute atomic E-state index is 0.424. The molecule has 26 heavy (non-hydrogen) atoms. The maximum atomic E-state index is 13.1. The fourth-order valence-corrected chi connectivity index (χ4v) is 5.13. The summed E-state index contributed by atoms with van der Waals surface area (Å²) in [6.45, 7) is 2.70. The molecule has 4 rings (SSSR count). The van der Waals surface area contributed by atoms with Crippen molar-refractivity contribution >= 4 is 21.1 Å². The number of fused-ring (bicyclic) bond motifs is 3. The van der Waals surface area contributed by atoms with Crippen LogP contribution in [-0.4, -0.2) is 47.1 Å². The van der Waals surface area contributed by atoms with E-state index in [9.17, 15) is 8.42 Å². The number of nitrogens with zero attached hydrogens (tertiary/aromatic N) is 3. The highest BCUT2D eigenvalue weighted by Gasteiger charge is 2.40. The first-order chi connectivity index (χ1) is 12.5. The number of para-hydroxylation sites is 1. The minimum Gasteiger partial charge on any atom is -0.356 e. The lowest BCUT2D eigenvalue weighted by atomic mass is 9.97. The van der Waals surface area contributed by atoms with Gasteiger partial charge >= 0.3 is 0 Å². The van der Waals surface area contributed by atoms with E-state index in [1.807, 2.05) is 43.3 Å². The first-order valence-corrected chi connectivity index (χ1v) is 10.2. The number of pyridine rings is 1. The molecular weight excluding hydrogens is 348 g/mol.